The first-order valence-corrected chi connectivity index (χ1v) is 5.74. The van der Waals surface area contributed by atoms with Gasteiger partial charge in [-0.25, -0.2) is 4.98 Å². The van der Waals surface area contributed by atoms with Gasteiger partial charge in [-0.15, -0.1) is 0 Å². The number of alkyl halides is 3. The molecule has 0 N–H and O–H groups in total. The van der Waals surface area contributed by atoms with Gasteiger partial charge in [-0.05, 0) is 42.7 Å². The third kappa shape index (κ3) is 2.48. The van der Waals surface area contributed by atoms with Crippen molar-refractivity contribution in [3.63, 3.8) is 0 Å². The van der Waals surface area contributed by atoms with Crippen molar-refractivity contribution < 1.29 is 13.2 Å². The molecule has 0 aliphatic carbocycles. The Balaban J connectivity index is 2.60. The molecule has 0 saturated carbocycles. The summed E-state index contributed by atoms with van der Waals surface area (Å²) in [5, 5.41) is 8.81. The molecule has 0 saturated heterocycles. The maximum Gasteiger partial charge on any atom is 0.433 e. The fourth-order valence-electron chi connectivity index (χ4n) is 1.94. The standard InChI is InChI=1S/C14H10F3N3/c1-8-9(2)13(14(15,16)17)20-7-12(8)10-3-4-19-11(5-10)6-18/h3-5,7H,1-2H3. The second kappa shape index (κ2) is 4.93. The minimum absolute atomic E-state index is 0.0883. The molecule has 0 aliphatic heterocycles. The molecular weight excluding hydrogens is 267 g/mol. The van der Waals surface area contributed by atoms with Crippen LogP contribution < -0.4 is 0 Å². The third-order valence-corrected chi connectivity index (χ3v) is 3.10. The highest BCUT2D eigenvalue weighted by Gasteiger charge is 2.35. The van der Waals surface area contributed by atoms with E-state index in [1.807, 2.05) is 6.07 Å². The summed E-state index contributed by atoms with van der Waals surface area (Å²) in [6.07, 6.45) is -1.84. The van der Waals surface area contributed by atoms with Crippen LogP contribution in [0.5, 0.6) is 0 Å². The molecule has 2 rings (SSSR count). The maximum absolute atomic E-state index is 12.8. The zero-order valence-electron chi connectivity index (χ0n) is 10.8. The highest BCUT2D eigenvalue weighted by Crippen LogP contribution is 2.34. The average molecular weight is 277 g/mol. The van der Waals surface area contributed by atoms with Crippen LogP contribution in [-0.4, -0.2) is 9.97 Å². The Kier molecular flexibility index (Phi) is 3.45. The van der Waals surface area contributed by atoms with Gasteiger partial charge < -0.3 is 0 Å². The summed E-state index contributed by atoms with van der Waals surface area (Å²) in [5.41, 5.74) is 1.09. The lowest BCUT2D eigenvalue weighted by Gasteiger charge is -2.14. The lowest BCUT2D eigenvalue weighted by Crippen LogP contribution is -2.11. The monoisotopic (exact) mass is 277 g/mol. The van der Waals surface area contributed by atoms with E-state index < -0.39 is 11.9 Å². The van der Waals surface area contributed by atoms with Gasteiger partial charge in [0.15, 0.2) is 0 Å². The van der Waals surface area contributed by atoms with Crippen LogP contribution in [0.2, 0.25) is 0 Å². The molecule has 0 fully saturated rings. The molecule has 2 aromatic rings. The minimum Gasteiger partial charge on any atom is -0.251 e. The topological polar surface area (TPSA) is 49.6 Å². The number of halogens is 3. The lowest BCUT2D eigenvalue weighted by molar-refractivity contribution is -0.141. The van der Waals surface area contributed by atoms with Crippen LogP contribution >= 0.6 is 0 Å². The van der Waals surface area contributed by atoms with Gasteiger partial charge in [-0.2, -0.15) is 18.4 Å². The second-order valence-electron chi connectivity index (χ2n) is 4.31. The molecule has 102 valence electrons. The molecule has 2 heterocycles. The van der Waals surface area contributed by atoms with Crippen LogP contribution in [0.25, 0.3) is 11.1 Å². The summed E-state index contributed by atoms with van der Waals surface area (Å²) in [6, 6.07) is 5.06. The zero-order valence-corrected chi connectivity index (χ0v) is 10.8. The van der Waals surface area contributed by atoms with Gasteiger partial charge in [0, 0.05) is 18.0 Å². The molecule has 20 heavy (non-hydrogen) atoms. The molecule has 0 radical (unpaired) electrons. The quantitative estimate of drug-likeness (QED) is 0.799. The van der Waals surface area contributed by atoms with Crippen molar-refractivity contribution in [2.75, 3.05) is 0 Å². The predicted molar refractivity (Wildman–Crippen MR) is 66.7 cm³/mol. The Morgan fingerprint density at radius 1 is 1.15 bits per heavy atom. The largest absolute Gasteiger partial charge is 0.433 e. The number of nitriles is 1. The molecule has 0 aromatic carbocycles. The van der Waals surface area contributed by atoms with E-state index in [0.717, 1.165) is 0 Å². The SMILES string of the molecule is Cc1c(-c2ccnc(C#N)c2)cnc(C(F)(F)F)c1C. The van der Waals surface area contributed by atoms with Gasteiger partial charge in [-0.1, -0.05) is 0 Å². The number of aromatic nitrogens is 2. The molecule has 3 nitrogen and oxygen atoms in total. The molecule has 6 heteroatoms. The van der Waals surface area contributed by atoms with E-state index in [0.29, 0.717) is 16.7 Å². The maximum atomic E-state index is 12.8. The number of hydrogen-bond donors (Lipinski definition) is 0. The summed E-state index contributed by atoms with van der Waals surface area (Å²) in [4.78, 5) is 7.34. The van der Waals surface area contributed by atoms with Gasteiger partial charge in [0.25, 0.3) is 0 Å². The van der Waals surface area contributed by atoms with Gasteiger partial charge in [0.1, 0.15) is 17.5 Å². The van der Waals surface area contributed by atoms with Gasteiger partial charge in [0.05, 0.1) is 0 Å². The highest BCUT2D eigenvalue weighted by molar-refractivity contribution is 5.68. The molecule has 0 bridgehead atoms. The van der Waals surface area contributed by atoms with Gasteiger partial charge in [0.2, 0.25) is 0 Å². The van der Waals surface area contributed by atoms with E-state index in [4.69, 9.17) is 5.26 Å². The van der Waals surface area contributed by atoms with Crippen LogP contribution in [0.4, 0.5) is 13.2 Å². The third-order valence-electron chi connectivity index (χ3n) is 3.10. The van der Waals surface area contributed by atoms with Crippen molar-refractivity contribution in [2.45, 2.75) is 20.0 Å². The molecule has 0 spiro atoms. The second-order valence-corrected chi connectivity index (χ2v) is 4.31. The Morgan fingerprint density at radius 3 is 2.45 bits per heavy atom. The summed E-state index contributed by atoms with van der Waals surface area (Å²) in [5.74, 6) is 0. The van der Waals surface area contributed by atoms with Crippen molar-refractivity contribution in [2.24, 2.45) is 0 Å². The Bertz CT molecular complexity index is 700. The van der Waals surface area contributed by atoms with Crippen LogP contribution in [0, 0.1) is 25.2 Å². The minimum atomic E-state index is -4.47. The summed E-state index contributed by atoms with van der Waals surface area (Å²) < 4.78 is 38.3. The van der Waals surface area contributed by atoms with Crippen molar-refractivity contribution in [3.8, 4) is 17.2 Å². The molecule has 0 atom stereocenters. The first-order chi connectivity index (χ1) is 9.34. The summed E-state index contributed by atoms with van der Waals surface area (Å²) in [6.45, 7) is 3.00. The Hall–Kier alpha value is -2.42. The van der Waals surface area contributed by atoms with E-state index in [-0.39, 0.29) is 11.3 Å². The molecule has 0 aliphatic rings. The smallest absolute Gasteiger partial charge is 0.251 e. The number of pyridine rings is 2. The average Bonchev–Trinajstić information content (AvgIpc) is 2.40. The lowest BCUT2D eigenvalue weighted by atomic mass is 9.98. The molecule has 2 aromatic heterocycles. The number of rotatable bonds is 1. The molecule has 0 amide bonds. The van der Waals surface area contributed by atoms with E-state index in [2.05, 4.69) is 9.97 Å². The zero-order chi connectivity index (χ0) is 14.9. The fourth-order valence-corrected chi connectivity index (χ4v) is 1.94. The summed E-state index contributed by atoms with van der Waals surface area (Å²) in [7, 11) is 0. The van der Waals surface area contributed by atoms with Crippen molar-refractivity contribution in [1.29, 1.82) is 5.26 Å². The van der Waals surface area contributed by atoms with Crippen molar-refractivity contribution >= 4 is 0 Å². The predicted octanol–water partition coefficient (Wildman–Crippen LogP) is 3.65. The Labute approximate surface area is 113 Å². The van der Waals surface area contributed by atoms with E-state index in [1.54, 1.807) is 13.0 Å². The molecular formula is C14H10F3N3. The fraction of sp³-hybridized carbons (Fsp3) is 0.214. The van der Waals surface area contributed by atoms with Crippen LogP contribution in [0.3, 0.4) is 0 Å². The van der Waals surface area contributed by atoms with E-state index in [1.165, 1.54) is 25.4 Å². The van der Waals surface area contributed by atoms with Crippen LogP contribution in [-0.2, 0) is 6.18 Å². The normalized spacial score (nSPS) is 11.2. The van der Waals surface area contributed by atoms with Crippen molar-refractivity contribution in [3.05, 3.63) is 47.0 Å². The number of nitrogens with zero attached hydrogens (tertiary/aromatic N) is 3. The number of hydrogen-bond acceptors (Lipinski definition) is 3. The van der Waals surface area contributed by atoms with Gasteiger partial charge >= 0.3 is 6.18 Å². The first kappa shape index (κ1) is 14.0. The van der Waals surface area contributed by atoms with Crippen molar-refractivity contribution in [1.82, 2.24) is 9.97 Å². The van der Waals surface area contributed by atoms with E-state index >= 15 is 0 Å². The summed E-state index contributed by atoms with van der Waals surface area (Å²) >= 11 is 0. The molecule has 0 unspecified atom stereocenters. The van der Waals surface area contributed by atoms with Gasteiger partial charge in [-0.3, -0.25) is 4.98 Å². The first-order valence-electron chi connectivity index (χ1n) is 5.74. The Morgan fingerprint density at radius 2 is 1.85 bits per heavy atom. The highest BCUT2D eigenvalue weighted by atomic mass is 19.4. The van der Waals surface area contributed by atoms with Crippen LogP contribution in [0.15, 0.2) is 24.5 Å². The van der Waals surface area contributed by atoms with E-state index in [9.17, 15) is 13.2 Å². The van der Waals surface area contributed by atoms with Crippen LogP contribution in [0.1, 0.15) is 22.5 Å².